The third kappa shape index (κ3) is 4.00. The number of benzene rings is 4. The van der Waals surface area contributed by atoms with Crippen molar-refractivity contribution in [2.75, 3.05) is 12.4 Å². The van der Waals surface area contributed by atoms with Crippen LogP contribution in [0.15, 0.2) is 91.0 Å². The maximum Gasteiger partial charge on any atom is 0.214 e. The maximum absolute atomic E-state index is 9.61. The van der Waals surface area contributed by atoms with Crippen LogP contribution >= 0.6 is 0 Å². The molecule has 0 aliphatic heterocycles. The molecule has 6 aromatic rings. The molecule has 2 aromatic heterocycles. The fourth-order valence-corrected chi connectivity index (χ4v) is 4.55. The van der Waals surface area contributed by atoms with Gasteiger partial charge in [0.05, 0.1) is 29.8 Å². The van der Waals surface area contributed by atoms with E-state index in [1.165, 1.54) is 0 Å². The van der Waals surface area contributed by atoms with Crippen LogP contribution < -0.4 is 5.32 Å². The topological polar surface area (TPSA) is 88.0 Å². The second-order valence-electron chi connectivity index (χ2n) is 8.68. The predicted octanol–water partition coefficient (Wildman–Crippen LogP) is 5.95. The predicted molar refractivity (Wildman–Crippen MR) is 143 cm³/mol. The van der Waals surface area contributed by atoms with Gasteiger partial charge in [-0.25, -0.2) is 4.98 Å². The Labute approximate surface area is 208 Å². The van der Waals surface area contributed by atoms with Gasteiger partial charge in [-0.1, -0.05) is 48.5 Å². The second kappa shape index (κ2) is 9.30. The van der Waals surface area contributed by atoms with E-state index in [1.54, 1.807) is 7.11 Å². The zero-order valence-corrected chi connectivity index (χ0v) is 19.8. The molecule has 0 aliphatic rings. The van der Waals surface area contributed by atoms with Crippen LogP contribution in [0.3, 0.4) is 0 Å². The highest BCUT2D eigenvalue weighted by atomic mass is 16.5. The number of imidazole rings is 1. The third-order valence-corrected chi connectivity index (χ3v) is 6.28. The monoisotopic (exact) mass is 475 g/mol. The number of aliphatic hydroxyl groups is 1. The molecule has 0 amide bonds. The third-order valence-electron chi connectivity index (χ3n) is 6.28. The van der Waals surface area contributed by atoms with Crippen LogP contribution in [-0.2, 0) is 18.0 Å². The van der Waals surface area contributed by atoms with Crippen molar-refractivity contribution >= 4 is 33.7 Å². The summed E-state index contributed by atoms with van der Waals surface area (Å²) in [6.07, 6.45) is 0. The zero-order valence-electron chi connectivity index (χ0n) is 19.8. The number of aromatic nitrogens is 4. The summed E-state index contributed by atoms with van der Waals surface area (Å²) in [7, 11) is 1.70. The van der Waals surface area contributed by atoms with Crippen molar-refractivity contribution in [3.63, 3.8) is 0 Å². The average Bonchev–Trinajstić information content (AvgIpc) is 3.49. The van der Waals surface area contributed by atoms with Gasteiger partial charge in [-0.05, 0) is 64.7 Å². The lowest BCUT2D eigenvalue weighted by molar-refractivity contribution is 0.185. The Morgan fingerprint density at radius 2 is 1.75 bits per heavy atom. The quantitative estimate of drug-likeness (QED) is 0.266. The van der Waals surface area contributed by atoms with Gasteiger partial charge >= 0.3 is 0 Å². The van der Waals surface area contributed by atoms with Gasteiger partial charge in [-0.3, -0.25) is 9.67 Å². The Bertz CT molecular complexity index is 1670. The first-order valence-corrected chi connectivity index (χ1v) is 11.7. The summed E-state index contributed by atoms with van der Waals surface area (Å²) < 4.78 is 7.37. The van der Waals surface area contributed by atoms with Crippen molar-refractivity contribution in [3.05, 3.63) is 102 Å². The van der Waals surface area contributed by atoms with Gasteiger partial charge < -0.3 is 15.2 Å². The number of ether oxygens (including phenoxy) is 1. The van der Waals surface area contributed by atoms with Gasteiger partial charge in [0.15, 0.2) is 5.82 Å². The highest BCUT2D eigenvalue weighted by Gasteiger charge is 2.16. The van der Waals surface area contributed by atoms with E-state index in [0.717, 1.165) is 49.9 Å². The minimum Gasteiger partial charge on any atom is -0.392 e. The fraction of sp³-hybridized carbons (Fsp3) is 0.103. The number of nitrogens with one attached hydrogen (secondary N) is 2. The van der Waals surface area contributed by atoms with Crippen LogP contribution in [0.2, 0.25) is 0 Å². The smallest absolute Gasteiger partial charge is 0.214 e. The molecule has 4 aromatic carbocycles. The molecule has 7 nitrogen and oxygen atoms in total. The first-order valence-electron chi connectivity index (χ1n) is 11.7. The summed E-state index contributed by atoms with van der Waals surface area (Å²) in [6, 6.07) is 30.5. The maximum atomic E-state index is 9.61. The Morgan fingerprint density at radius 1 is 0.889 bits per heavy atom. The van der Waals surface area contributed by atoms with Crippen LogP contribution in [0.4, 0.5) is 11.8 Å². The summed E-state index contributed by atoms with van der Waals surface area (Å²) in [6.45, 7) is 0.539. The molecule has 0 saturated heterocycles. The Morgan fingerprint density at radius 3 is 2.58 bits per heavy atom. The van der Waals surface area contributed by atoms with E-state index in [4.69, 9.17) is 9.72 Å². The van der Waals surface area contributed by atoms with Crippen LogP contribution in [0.5, 0.6) is 0 Å². The molecule has 2 heterocycles. The lowest BCUT2D eigenvalue weighted by atomic mass is 10.0. The minimum absolute atomic E-state index is 0.0325. The number of H-pyrrole nitrogens is 1. The minimum atomic E-state index is -0.0325. The molecule has 0 unspecified atom stereocenters. The number of fused-ring (bicyclic) bond motifs is 2. The molecule has 7 heteroatoms. The second-order valence-corrected chi connectivity index (χ2v) is 8.68. The van der Waals surface area contributed by atoms with Crippen molar-refractivity contribution < 1.29 is 9.84 Å². The summed E-state index contributed by atoms with van der Waals surface area (Å²) in [4.78, 5) is 4.86. The van der Waals surface area contributed by atoms with Gasteiger partial charge in [0, 0.05) is 18.2 Å². The van der Waals surface area contributed by atoms with E-state index in [2.05, 4.69) is 50.4 Å². The first kappa shape index (κ1) is 22.0. The largest absolute Gasteiger partial charge is 0.392 e. The molecule has 6 rings (SSSR count). The summed E-state index contributed by atoms with van der Waals surface area (Å²) >= 11 is 0. The SMILES string of the molecule is COCc1cccc(-c2ccc3[nH]nc(Nc4nc5cc(CO)ccc5n4-c4ccccc4)c3c2)c1. The number of anilines is 2. The normalized spacial score (nSPS) is 11.4. The number of nitrogens with zero attached hydrogens (tertiary/aromatic N) is 3. The van der Waals surface area contributed by atoms with Gasteiger partial charge in [-0.2, -0.15) is 5.10 Å². The summed E-state index contributed by atoms with van der Waals surface area (Å²) in [5, 5.41) is 21.7. The van der Waals surface area contributed by atoms with E-state index >= 15 is 0 Å². The van der Waals surface area contributed by atoms with Crippen molar-refractivity contribution in [2.24, 2.45) is 0 Å². The molecule has 0 spiro atoms. The standard InChI is InChI=1S/C29H25N5O2/c1-36-18-20-6-5-7-21(14-20)22-11-12-25-24(16-22)28(33-32-25)31-29-30-26-15-19(17-35)10-13-27(26)34(29)23-8-3-2-4-9-23/h2-16,35H,17-18H2,1H3,(H2,30,31,32,33). The molecule has 0 bridgehead atoms. The van der Waals surface area contributed by atoms with Crippen LogP contribution in [-0.4, -0.2) is 32.0 Å². The molecule has 0 fully saturated rings. The summed E-state index contributed by atoms with van der Waals surface area (Å²) in [5.41, 5.74) is 7.80. The van der Waals surface area contributed by atoms with Crippen molar-refractivity contribution in [1.29, 1.82) is 0 Å². The van der Waals surface area contributed by atoms with Crippen LogP contribution in [0, 0.1) is 0 Å². The van der Waals surface area contributed by atoms with Crippen molar-refractivity contribution in [2.45, 2.75) is 13.2 Å². The lowest BCUT2D eigenvalue weighted by Gasteiger charge is -2.10. The Kier molecular flexibility index (Phi) is 5.69. The highest BCUT2D eigenvalue weighted by molar-refractivity contribution is 5.95. The van der Waals surface area contributed by atoms with Gasteiger partial charge in [0.25, 0.3) is 0 Å². The molecule has 3 N–H and O–H groups in total. The number of rotatable bonds is 7. The number of para-hydroxylation sites is 1. The fourth-order valence-electron chi connectivity index (χ4n) is 4.55. The van der Waals surface area contributed by atoms with Crippen molar-refractivity contribution in [3.8, 4) is 16.8 Å². The molecular formula is C29H25N5O2. The molecular weight excluding hydrogens is 450 g/mol. The molecule has 178 valence electrons. The lowest BCUT2D eigenvalue weighted by Crippen LogP contribution is -2.02. The number of aliphatic hydroxyl groups excluding tert-OH is 1. The Hall–Kier alpha value is -4.46. The first-order chi connectivity index (χ1) is 17.7. The molecule has 0 radical (unpaired) electrons. The number of hydrogen-bond acceptors (Lipinski definition) is 5. The van der Waals surface area contributed by atoms with Crippen LogP contribution in [0.25, 0.3) is 38.8 Å². The number of hydrogen-bond donors (Lipinski definition) is 3. The van der Waals surface area contributed by atoms with E-state index < -0.39 is 0 Å². The number of aromatic amines is 1. The molecule has 0 aliphatic carbocycles. The van der Waals surface area contributed by atoms with Gasteiger partial charge in [0.2, 0.25) is 5.95 Å². The highest BCUT2D eigenvalue weighted by Crippen LogP contribution is 2.32. The average molecular weight is 476 g/mol. The van der Waals surface area contributed by atoms with Gasteiger partial charge in [-0.15, -0.1) is 0 Å². The zero-order chi connectivity index (χ0) is 24.5. The Balaban J connectivity index is 1.45. The number of methoxy groups -OCH3 is 1. The summed E-state index contributed by atoms with van der Waals surface area (Å²) in [5.74, 6) is 1.34. The van der Waals surface area contributed by atoms with E-state index in [9.17, 15) is 5.11 Å². The van der Waals surface area contributed by atoms with E-state index in [0.29, 0.717) is 18.4 Å². The van der Waals surface area contributed by atoms with E-state index in [-0.39, 0.29) is 6.61 Å². The van der Waals surface area contributed by atoms with Gasteiger partial charge in [0.1, 0.15) is 0 Å². The molecule has 0 atom stereocenters. The molecule has 0 saturated carbocycles. The molecule has 36 heavy (non-hydrogen) atoms. The van der Waals surface area contributed by atoms with Crippen molar-refractivity contribution in [1.82, 2.24) is 19.7 Å². The van der Waals surface area contributed by atoms with E-state index in [1.807, 2.05) is 60.7 Å². The van der Waals surface area contributed by atoms with Crippen LogP contribution in [0.1, 0.15) is 11.1 Å².